The van der Waals surface area contributed by atoms with Gasteiger partial charge < -0.3 is 9.32 Å². The second kappa shape index (κ2) is 4.87. The van der Waals surface area contributed by atoms with Crippen molar-refractivity contribution >= 4 is 11.0 Å². The van der Waals surface area contributed by atoms with E-state index in [2.05, 4.69) is 22.5 Å². The largest absolute Gasteiger partial charge is 0.459 e. The molecule has 1 atom stereocenters. The summed E-state index contributed by atoms with van der Waals surface area (Å²) >= 11 is 0. The van der Waals surface area contributed by atoms with Crippen LogP contribution in [0.25, 0.3) is 11.0 Å². The summed E-state index contributed by atoms with van der Waals surface area (Å²) in [7, 11) is 4.02. The zero-order chi connectivity index (χ0) is 12.4. The maximum atomic E-state index is 5.88. The minimum Gasteiger partial charge on any atom is -0.459 e. The van der Waals surface area contributed by atoms with Gasteiger partial charge >= 0.3 is 0 Å². The first kappa shape index (κ1) is 12.1. The van der Waals surface area contributed by atoms with Gasteiger partial charge in [0.25, 0.3) is 0 Å². The van der Waals surface area contributed by atoms with Crippen molar-refractivity contribution in [3.8, 4) is 0 Å². The van der Waals surface area contributed by atoms with Crippen molar-refractivity contribution in [3.05, 3.63) is 35.6 Å². The Balaban J connectivity index is 2.37. The number of nitrogens with one attached hydrogen (secondary N) is 1. The Morgan fingerprint density at radius 1 is 1.41 bits per heavy atom. The monoisotopic (exact) mass is 233 g/mol. The lowest BCUT2D eigenvalue weighted by molar-refractivity contribution is 0.315. The number of nitrogens with zero attached hydrogens (tertiary/aromatic N) is 1. The van der Waals surface area contributed by atoms with Gasteiger partial charge in [-0.05, 0) is 32.6 Å². The fraction of sp³-hybridized carbons (Fsp3) is 0.385. The first-order chi connectivity index (χ1) is 8.11. The molecule has 0 spiro atoms. The van der Waals surface area contributed by atoms with Gasteiger partial charge in [0.1, 0.15) is 11.3 Å². The number of hydrogen-bond donors (Lipinski definition) is 2. The Kier molecular flexibility index (Phi) is 3.47. The summed E-state index contributed by atoms with van der Waals surface area (Å²) in [5.74, 6) is 6.46. The first-order valence-electron chi connectivity index (χ1n) is 5.71. The standard InChI is InChI=1S/C13H19N3O/c1-9-5-4-6-10-7-12(17-13(9)10)11(15-14)8-16(2)3/h4-7,11,15H,8,14H2,1-3H3. The molecule has 1 aromatic carbocycles. The molecule has 4 heteroatoms. The Labute approximate surface area is 101 Å². The summed E-state index contributed by atoms with van der Waals surface area (Å²) in [5.41, 5.74) is 4.89. The smallest absolute Gasteiger partial charge is 0.137 e. The zero-order valence-corrected chi connectivity index (χ0v) is 10.5. The van der Waals surface area contributed by atoms with E-state index in [-0.39, 0.29) is 6.04 Å². The van der Waals surface area contributed by atoms with E-state index >= 15 is 0 Å². The van der Waals surface area contributed by atoms with Gasteiger partial charge in [-0.1, -0.05) is 18.2 Å². The number of para-hydroxylation sites is 1. The number of rotatable bonds is 4. The molecule has 0 fully saturated rings. The van der Waals surface area contributed by atoms with Gasteiger partial charge in [0.05, 0.1) is 6.04 Å². The number of fused-ring (bicyclic) bond motifs is 1. The highest BCUT2D eigenvalue weighted by Gasteiger charge is 2.16. The molecular formula is C13H19N3O. The van der Waals surface area contributed by atoms with Crippen LogP contribution in [0, 0.1) is 6.92 Å². The lowest BCUT2D eigenvalue weighted by Crippen LogP contribution is -2.35. The average molecular weight is 233 g/mol. The van der Waals surface area contributed by atoms with Crippen LogP contribution in [-0.2, 0) is 0 Å². The van der Waals surface area contributed by atoms with E-state index in [1.807, 2.05) is 33.2 Å². The number of aryl methyl sites for hydroxylation is 1. The Bertz CT molecular complexity index is 504. The highest BCUT2D eigenvalue weighted by Crippen LogP contribution is 2.26. The van der Waals surface area contributed by atoms with Crippen LogP contribution in [-0.4, -0.2) is 25.5 Å². The number of furan rings is 1. The van der Waals surface area contributed by atoms with Gasteiger partial charge in [0.2, 0.25) is 0 Å². The Morgan fingerprint density at radius 3 is 2.76 bits per heavy atom. The maximum Gasteiger partial charge on any atom is 0.137 e. The predicted octanol–water partition coefficient (Wildman–Crippen LogP) is 1.81. The fourth-order valence-electron chi connectivity index (χ4n) is 1.99. The van der Waals surface area contributed by atoms with E-state index in [0.29, 0.717) is 0 Å². The Morgan fingerprint density at radius 2 is 2.18 bits per heavy atom. The molecule has 1 aromatic heterocycles. The highest BCUT2D eigenvalue weighted by atomic mass is 16.3. The molecule has 2 aromatic rings. The van der Waals surface area contributed by atoms with Crippen molar-refractivity contribution in [1.82, 2.24) is 10.3 Å². The molecular weight excluding hydrogens is 214 g/mol. The number of benzene rings is 1. The summed E-state index contributed by atoms with van der Waals surface area (Å²) in [4.78, 5) is 2.07. The minimum atomic E-state index is 0.0109. The average Bonchev–Trinajstić information content (AvgIpc) is 2.70. The van der Waals surface area contributed by atoms with Crippen LogP contribution in [0.1, 0.15) is 17.4 Å². The van der Waals surface area contributed by atoms with E-state index < -0.39 is 0 Å². The van der Waals surface area contributed by atoms with Gasteiger partial charge in [-0.3, -0.25) is 5.84 Å². The SMILES string of the molecule is Cc1cccc2cc(C(CN(C)C)NN)oc12. The molecule has 4 nitrogen and oxygen atoms in total. The van der Waals surface area contributed by atoms with Crippen LogP contribution in [0.4, 0.5) is 0 Å². The molecule has 17 heavy (non-hydrogen) atoms. The Hall–Kier alpha value is -1.36. The van der Waals surface area contributed by atoms with E-state index in [0.717, 1.165) is 28.8 Å². The molecule has 0 aliphatic heterocycles. The highest BCUT2D eigenvalue weighted by molar-refractivity contribution is 5.81. The fourth-order valence-corrected chi connectivity index (χ4v) is 1.99. The molecule has 0 aliphatic rings. The number of likely N-dealkylation sites (N-methyl/N-ethyl adjacent to an activating group) is 1. The molecule has 1 heterocycles. The molecule has 0 saturated carbocycles. The quantitative estimate of drug-likeness (QED) is 0.624. The van der Waals surface area contributed by atoms with Crippen molar-refractivity contribution in [2.45, 2.75) is 13.0 Å². The third kappa shape index (κ3) is 2.49. The summed E-state index contributed by atoms with van der Waals surface area (Å²) in [6.07, 6.45) is 0. The molecule has 0 aliphatic carbocycles. The summed E-state index contributed by atoms with van der Waals surface area (Å²) in [5, 5.41) is 1.12. The normalized spacial score (nSPS) is 13.5. The van der Waals surface area contributed by atoms with Gasteiger partial charge in [-0.15, -0.1) is 0 Å². The topological polar surface area (TPSA) is 54.4 Å². The van der Waals surface area contributed by atoms with Gasteiger partial charge in [0.15, 0.2) is 0 Å². The van der Waals surface area contributed by atoms with Crippen LogP contribution in [0.3, 0.4) is 0 Å². The van der Waals surface area contributed by atoms with E-state index in [1.54, 1.807) is 0 Å². The minimum absolute atomic E-state index is 0.0109. The van der Waals surface area contributed by atoms with Gasteiger partial charge in [0, 0.05) is 11.9 Å². The van der Waals surface area contributed by atoms with Crippen LogP contribution >= 0.6 is 0 Å². The molecule has 0 radical (unpaired) electrons. The lowest BCUT2D eigenvalue weighted by Gasteiger charge is -2.17. The van der Waals surface area contributed by atoms with E-state index in [4.69, 9.17) is 10.3 Å². The molecule has 3 N–H and O–H groups in total. The number of hydrazine groups is 1. The number of hydrogen-bond acceptors (Lipinski definition) is 4. The first-order valence-corrected chi connectivity index (χ1v) is 5.71. The zero-order valence-electron chi connectivity index (χ0n) is 10.5. The lowest BCUT2D eigenvalue weighted by atomic mass is 10.1. The second-order valence-electron chi connectivity index (χ2n) is 4.62. The maximum absolute atomic E-state index is 5.88. The van der Waals surface area contributed by atoms with Crippen LogP contribution in [0.5, 0.6) is 0 Å². The summed E-state index contributed by atoms with van der Waals surface area (Å²) in [6.45, 7) is 2.85. The van der Waals surface area contributed by atoms with Gasteiger partial charge in [-0.25, -0.2) is 5.43 Å². The summed E-state index contributed by atoms with van der Waals surface area (Å²) in [6, 6.07) is 8.20. The van der Waals surface area contributed by atoms with Crippen molar-refractivity contribution in [2.24, 2.45) is 5.84 Å². The van der Waals surface area contributed by atoms with Crippen molar-refractivity contribution in [3.63, 3.8) is 0 Å². The van der Waals surface area contributed by atoms with E-state index in [1.165, 1.54) is 0 Å². The molecule has 2 rings (SSSR count). The van der Waals surface area contributed by atoms with Crippen molar-refractivity contribution in [2.75, 3.05) is 20.6 Å². The third-order valence-corrected chi connectivity index (χ3v) is 2.85. The molecule has 0 amide bonds. The van der Waals surface area contributed by atoms with Crippen molar-refractivity contribution in [1.29, 1.82) is 0 Å². The van der Waals surface area contributed by atoms with Gasteiger partial charge in [-0.2, -0.15) is 0 Å². The van der Waals surface area contributed by atoms with Crippen LogP contribution < -0.4 is 11.3 Å². The van der Waals surface area contributed by atoms with E-state index in [9.17, 15) is 0 Å². The van der Waals surface area contributed by atoms with Crippen molar-refractivity contribution < 1.29 is 4.42 Å². The predicted molar refractivity (Wildman–Crippen MR) is 69.6 cm³/mol. The third-order valence-electron chi connectivity index (χ3n) is 2.85. The number of nitrogens with two attached hydrogens (primary N) is 1. The summed E-state index contributed by atoms with van der Waals surface area (Å²) < 4.78 is 5.88. The second-order valence-corrected chi connectivity index (χ2v) is 4.62. The molecule has 0 saturated heterocycles. The van der Waals surface area contributed by atoms with Crippen LogP contribution in [0.2, 0.25) is 0 Å². The molecule has 1 unspecified atom stereocenters. The van der Waals surface area contributed by atoms with Crippen LogP contribution in [0.15, 0.2) is 28.7 Å². The molecule has 0 bridgehead atoms. The molecule has 92 valence electrons.